The number of halogens is 1. The molecular formula is C3H3ClNO2-. The van der Waals surface area contributed by atoms with Crippen molar-refractivity contribution in [1.29, 1.82) is 0 Å². The molecule has 0 aromatic rings. The molecule has 1 amide bonds. The van der Waals surface area contributed by atoms with Gasteiger partial charge in [0.25, 0.3) is 0 Å². The van der Waals surface area contributed by atoms with Crippen molar-refractivity contribution in [3.63, 3.8) is 0 Å². The smallest absolute Gasteiger partial charge is 0.232 e. The van der Waals surface area contributed by atoms with Crippen molar-refractivity contribution in [2.75, 3.05) is 6.61 Å². The maximum Gasteiger partial charge on any atom is 0.232 e. The molecule has 0 aromatic heterocycles. The zero-order valence-electron chi connectivity index (χ0n) is 3.43. The predicted octanol–water partition coefficient (Wildman–Crippen LogP) is 0.118. The molecule has 7 heavy (non-hydrogen) atoms. The summed E-state index contributed by atoms with van der Waals surface area (Å²) in [4.78, 5) is 10.2. The Bertz CT molecular complexity index is 94.9. The third-order valence-corrected chi connectivity index (χ3v) is 0.880. The van der Waals surface area contributed by atoms with Crippen LogP contribution in [0.25, 0.3) is 0 Å². The highest BCUT2D eigenvalue weighted by Gasteiger charge is 2.07. The number of ether oxygens (including phenoxy) is 1. The summed E-state index contributed by atoms with van der Waals surface area (Å²) < 4.78 is 5.38. The van der Waals surface area contributed by atoms with Crippen LogP contribution in [0.15, 0.2) is 0 Å². The van der Waals surface area contributed by atoms with Gasteiger partial charge in [0, 0.05) is 0 Å². The summed E-state index contributed by atoms with van der Waals surface area (Å²) >= 11 is 5.17. The largest absolute Gasteiger partial charge is 0.523 e. The first kappa shape index (κ1) is 4.87. The zero-order chi connectivity index (χ0) is 5.28. The van der Waals surface area contributed by atoms with Crippen molar-refractivity contribution in [2.24, 2.45) is 0 Å². The van der Waals surface area contributed by atoms with Gasteiger partial charge in [-0.3, -0.25) is 4.79 Å². The summed E-state index contributed by atoms with van der Waals surface area (Å²) in [6, 6.07) is 0. The van der Waals surface area contributed by atoms with E-state index in [9.17, 15) is 4.79 Å². The molecule has 4 heteroatoms. The van der Waals surface area contributed by atoms with Crippen LogP contribution in [0, 0.1) is 6.73 Å². The van der Waals surface area contributed by atoms with Crippen molar-refractivity contribution in [1.82, 2.24) is 4.42 Å². The van der Waals surface area contributed by atoms with Gasteiger partial charge in [0.15, 0.2) is 0 Å². The Morgan fingerprint density at radius 1 is 2.00 bits per heavy atom. The molecule has 0 unspecified atom stereocenters. The van der Waals surface area contributed by atoms with E-state index in [-0.39, 0.29) is 12.5 Å². The average molecular weight is 121 g/mol. The third-order valence-electron chi connectivity index (χ3n) is 0.612. The highest BCUT2D eigenvalue weighted by molar-refractivity contribution is 6.22. The van der Waals surface area contributed by atoms with Crippen LogP contribution in [0.3, 0.4) is 0 Å². The van der Waals surface area contributed by atoms with Crippen LogP contribution < -0.4 is 0 Å². The molecule has 0 aromatic carbocycles. The minimum atomic E-state index is -0.221. The molecule has 0 radical (unpaired) electrons. The van der Waals surface area contributed by atoms with Gasteiger partial charge in [-0.05, 0) is 11.8 Å². The van der Waals surface area contributed by atoms with E-state index in [1.807, 2.05) is 0 Å². The highest BCUT2D eigenvalue weighted by atomic mass is 35.5. The van der Waals surface area contributed by atoms with Gasteiger partial charge in [0.2, 0.25) is 5.91 Å². The summed E-state index contributed by atoms with van der Waals surface area (Å²) in [6.45, 7) is 1.24. The minimum absolute atomic E-state index is 0.0729. The van der Waals surface area contributed by atoms with Gasteiger partial charge < -0.3 is 9.16 Å². The predicted molar refractivity (Wildman–Crippen MR) is 23.0 cm³/mol. The standard InChI is InChI=1S/C3H3ClNO2/c4-5-2-7-1-3(5)6/h2H,1H2/q-1. The minimum Gasteiger partial charge on any atom is -0.523 e. The fraction of sp³-hybridized carbons (Fsp3) is 0.333. The molecule has 1 saturated heterocycles. The van der Waals surface area contributed by atoms with Crippen molar-refractivity contribution < 1.29 is 9.53 Å². The van der Waals surface area contributed by atoms with Gasteiger partial charge >= 0.3 is 0 Å². The highest BCUT2D eigenvalue weighted by Crippen LogP contribution is 2.07. The van der Waals surface area contributed by atoms with Crippen molar-refractivity contribution >= 4 is 17.7 Å². The number of carbonyl (C=O) groups excluding carboxylic acids is 1. The third kappa shape index (κ3) is 0.838. The lowest BCUT2D eigenvalue weighted by molar-refractivity contribution is -0.123. The number of amides is 1. The molecule has 3 nitrogen and oxygen atoms in total. The number of nitrogens with zero attached hydrogens (tertiary/aromatic N) is 1. The second-order valence-electron chi connectivity index (χ2n) is 1.12. The molecule has 0 aliphatic carbocycles. The second-order valence-corrected chi connectivity index (χ2v) is 1.49. The summed E-state index contributed by atoms with van der Waals surface area (Å²) in [6.07, 6.45) is 0. The van der Waals surface area contributed by atoms with E-state index in [2.05, 4.69) is 4.74 Å². The van der Waals surface area contributed by atoms with Gasteiger partial charge in [-0.15, -0.1) is 6.73 Å². The van der Waals surface area contributed by atoms with Crippen LogP contribution in [-0.4, -0.2) is 16.9 Å². The van der Waals surface area contributed by atoms with Gasteiger partial charge in [0.1, 0.15) is 0 Å². The van der Waals surface area contributed by atoms with Gasteiger partial charge in [-0.25, -0.2) is 0 Å². The Hall–Kier alpha value is -0.280. The van der Waals surface area contributed by atoms with E-state index in [0.717, 1.165) is 4.42 Å². The lowest BCUT2D eigenvalue weighted by Gasteiger charge is -2.09. The van der Waals surface area contributed by atoms with Crippen molar-refractivity contribution in [2.45, 2.75) is 0 Å². The van der Waals surface area contributed by atoms with E-state index in [4.69, 9.17) is 11.8 Å². The SMILES string of the molecule is O=C1CO[CH-]N1Cl. The van der Waals surface area contributed by atoms with Gasteiger partial charge in [-0.1, -0.05) is 0 Å². The van der Waals surface area contributed by atoms with Crippen LogP contribution in [0.4, 0.5) is 0 Å². The quantitative estimate of drug-likeness (QED) is 0.336. The zero-order valence-corrected chi connectivity index (χ0v) is 4.18. The van der Waals surface area contributed by atoms with Gasteiger partial charge in [0.05, 0.1) is 6.61 Å². The van der Waals surface area contributed by atoms with Crippen molar-refractivity contribution in [3.05, 3.63) is 6.73 Å². The molecule has 0 spiro atoms. The molecule has 0 saturated carbocycles. The maximum atomic E-state index is 10.2. The molecular weight excluding hydrogens is 117 g/mol. The molecule has 40 valence electrons. The Morgan fingerprint density at radius 2 is 2.71 bits per heavy atom. The van der Waals surface area contributed by atoms with E-state index in [1.54, 1.807) is 0 Å². The first-order valence-electron chi connectivity index (χ1n) is 1.73. The fourth-order valence-electron chi connectivity index (χ4n) is 0.294. The van der Waals surface area contributed by atoms with E-state index in [0.29, 0.717) is 0 Å². The Morgan fingerprint density at radius 3 is 2.86 bits per heavy atom. The van der Waals surface area contributed by atoms with Crippen LogP contribution in [0.2, 0.25) is 0 Å². The summed E-state index contributed by atoms with van der Waals surface area (Å²) in [5.74, 6) is -0.221. The molecule has 0 bridgehead atoms. The van der Waals surface area contributed by atoms with Gasteiger partial charge in [-0.2, -0.15) is 0 Å². The molecule has 1 rings (SSSR count). The van der Waals surface area contributed by atoms with Crippen molar-refractivity contribution in [3.8, 4) is 0 Å². The number of rotatable bonds is 0. The van der Waals surface area contributed by atoms with Crippen LogP contribution in [0.1, 0.15) is 0 Å². The summed E-state index contributed by atoms with van der Waals surface area (Å²) in [5, 5.41) is 0. The lowest BCUT2D eigenvalue weighted by atomic mass is 10.7. The Kier molecular flexibility index (Phi) is 1.17. The number of hydrogen-bond acceptors (Lipinski definition) is 2. The number of carbonyl (C=O) groups is 1. The second kappa shape index (κ2) is 1.68. The average Bonchev–Trinajstić information content (AvgIpc) is 1.91. The molecule has 1 fully saturated rings. The Labute approximate surface area is 45.9 Å². The fourth-order valence-corrected chi connectivity index (χ4v) is 0.400. The Balaban J connectivity index is 2.48. The number of hydrogen-bond donors (Lipinski definition) is 0. The molecule has 0 N–H and O–H groups in total. The van der Waals surface area contributed by atoms with E-state index < -0.39 is 0 Å². The normalized spacial score (nSPS) is 21.3. The molecule has 1 aliphatic rings. The maximum absolute atomic E-state index is 10.2. The van der Waals surface area contributed by atoms with Crippen LogP contribution >= 0.6 is 11.8 Å². The topological polar surface area (TPSA) is 29.5 Å². The van der Waals surface area contributed by atoms with Crippen LogP contribution in [0.5, 0.6) is 0 Å². The van der Waals surface area contributed by atoms with E-state index >= 15 is 0 Å². The van der Waals surface area contributed by atoms with E-state index in [1.165, 1.54) is 6.73 Å². The molecule has 1 heterocycles. The first-order chi connectivity index (χ1) is 3.30. The summed E-state index contributed by atoms with van der Waals surface area (Å²) in [7, 11) is 0. The molecule has 0 atom stereocenters. The monoisotopic (exact) mass is 120 g/mol. The lowest BCUT2D eigenvalue weighted by Crippen LogP contribution is -2.10. The van der Waals surface area contributed by atoms with Crippen LogP contribution in [-0.2, 0) is 9.53 Å². The summed E-state index contributed by atoms with van der Waals surface area (Å²) in [5.41, 5.74) is 0. The molecule has 1 aliphatic heterocycles. The first-order valence-corrected chi connectivity index (χ1v) is 2.07.